The summed E-state index contributed by atoms with van der Waals surface area (Å²) < 4.78 is 5.78. The molecular weight excluding hydrogens is 446 g/mol. The van der Waals surface area contributed by atoms with Crippen molar-refractivity contribution in [2.24, 2.45) is 5.92 Å². The summed E-state index contributed by atoms with van der Waals surface area (Å²) in [6, 6.07) is 8.36. The van der Waals surface area contributed by atoms with Crippen LogP contribution in [0.25, 0.3) is 0 Å². The van der Waals surface area contributed by atoms with Gasteiger partial charge in [-0.1, -0.05) is 36.6 Å². The molecule has 3 fully saturated rings. The average Bonchev–Trinajstić information content (AvgIpc) is 3.66. The summed E-state index contributed by atoms with van der Waals surface area (Å²) in [4.78, 5) is 37.8. The van der Waals surface area contributed by atoms with Gasteiger partial charge < -0.3 is 20.7 Å². The van der Waals surface area contributed by atoms with Gasteiger partial charge in [-0.15, -0.1) is 0 Å². The van der Waals surface area contributed by atoms with Crippen LogP contribution in [0.4, 0.5) is 9.59 Å². The standard InChI is InChI=1S/C23H32ClN3O4Si/c1-15(14-32-11-3-10-25-22(32)30)26-20(28)19(12-16-6-7-16)27-21(29)31-23(8-9-23)17-4-2-5-18(24)13-17/h2,4-5,13,15-16,19,32H,3,6-12,14H2,1H3,(H,25,30)(H,26,28)(H,27,29)/t15-,19+,32+/m1/s1. The second-order valence-electron chi connectivity index (χ2n) is 9.55. The molecule has 1 aliphatic heterocycles. The smallest absolute Gasteiger partial charge is 0.408 e. The van der Waals surface area contributed by atoms with Crippen molar-refractivity contribution < 1.29 is 19.1 Å². The molecule has 3 aliphatic rings. The number of halogens is 1. The molecule has 1 heterocycles. The molecule has 0 unspecified atom stereocenters. The van der Waals surface area contributed by atoms with Gasteiger partial charge in [-0.25, -0.2) is 4.79 Å². The van der Waals surface area contributed by atoms with E-state index in [9.17, 15) is 14.4 Å². The minimum absolute atomic E-state index is 0.0937. The number of carbonyl (C=O) groups excluding carboxylic acids is 3. The molecule has 4 rings (SSSR count). The van der Waals surface area contributed by atoms with Crippen LogP contribution in [0.5, 0.6) is 0 Å². The van der Waals surface area contributed by atoms with E-state index in [1.165, 1.54) is 0 Å². The molecule has 1 aromatic rings. The molecule has 1 aromatic carbocycles. The summed E-state index contributed by atoms with van der Waals surface area (Å²) >= 11 is 6.10. The van der Waals surface area contributed by atoms with Crippen molar-refractivity contribution in [1.82, 2.24) is 16.0 Å². The van der Waals surface area contributed by atoms with Crippen molar-refractivity contribution in [1.29, 1.82) is 0 Å². The summed E-state index contributed by atoms with van der Waals surface area (Å²) in [6.07, 6.45) is 4.71. The first kappa shape index (κ1) is 23.1. The first-order chi connectivity index (χ1) is 15.3. The molecule has 0 aromatic heterocycles. The third-order valence-corrected chi connectivity index (χ3v) is 10.2. The van der Waals surface area contributed by atoms with Crippen LogP contribution in [0, 0.1) is 5.92 Å². The van der Waals surface area contributed by atoms with Crippen molar-refractivity contribution in [3.05, 3.63) is 34.9 Å². The number of rotatable bonds is 9. The summed E-state index contributed by atoms with van der Waals surface area (Å²) in [5, 5.41) is 9.40. The van der Waals surface area contributed by atoms with Crippen molar-refractivity contribution >= 4 is 37.9 Å². The third-order valence-electron chi connectivity index (χ3n) is 6.64. The molecule has 3 amide bonds. The maximum absolute atomic E-state index is 13.0. The molecular formula is C23H32ClN3O4Si. The lowest BCUT2D eigenvalue weighted by Gasteiger charge is -2.26. The van der Waals surface area contributed by atoms with Gasteiger partial charge in [0.05, 0.1) is 0 Å². The van der Waals surface area contributed by atoms with Gasteiger partial charge in [0.25, 0.3) is 0 Å². The van der Waals surface area contributed by atoms with E-state index in [4.69, 9.17) is 16.3 Å². The van der Waals surface area contributed by atoms with Crippen molar-refractivity contribution in [3.63, 3.8) is 0 Å². The SMILES string of the molecule is C[C@H](C[Si@@H]1CCCNC1=O)NC(=O)[C@H](CC1CC1)NC(=O)OC1(c2cccc(Cl)c2)CC1. The van der Waals surface area contributed by atoms with Crippen LogP contribution in [0.3, 0.4) is 0 Å². The van der Waals surface area contributed by atoms with E-state index in [2.05, 4.69) is 16.0 Å². The van der Waals surface area contributed by atoms with Gasteiger partial charge >= 0.3 is 6.09 Å². The van der Waals surface area contributed by atoms with E-state index in [-0.39, 0.29) is 17.5 Å². The molecule has 0 spiro atoms. The van der Waals surface area contributed by atoms with E-state index in [1.807, 2.05) is 25.1 Å². The molecule has 7 nitrogen and oxygen atoms in total. The largest absolute Gasteiger partial charge is 0.438 e. The molecule has 2 aliphatic carbocycles. The van der Waals surface area contributed by atoms with Crippen LogP contribution < -0.4 is 16.0 Å². The Morgan fingerprint density at radius 1 is 1.31 bits per heavy atom. The van der Waals surface area contributed by atoms with Gasteiger partial charge in [0.15, 0.2) is 5.53 Å². The lowest BCUT2D eigenvalue weighted by molar-refractivity contribution is -0.123. The number of ether oxygens (including phenoxy) is 1. The lowest BCUT2D eigenvalue weighted by Crippen LogP contribution is -2.51. The fourth-order valence-electron chi connectivity index (χ4n) is 4.49. The van der Waals surface area contributed by atoms with Gasteiger partial charge in [0, 0.05) is 17.6 Å². The first-order valence-electron chi connectivity index (χ1n) is 11.7. The van der Waals surface area contributed by atoms with Gasteiger partial charge in [-0.3, -0.25) is 9.59 Å². The summed E-state index contributed by atoms with van der Waals surface area (Å²) in [5.41, 5.74) is 0.431. The van der Waals surface area contributed by atoms with Crippen LogP contribution in [-0.2, 0) is 15.1 Å². The highest BCUT2D eigenvalue weighted by molar-refractivity contribution is 6.90. The molecule has 1 saturated heterocycles. The van der Waals surface area contributed by atoms with E-state index in [0.717, 1.165) is 56.3 Å². The van der Waals surface area contributed by atoms with Crippen molar-refractivity contribution in [2.75, 3.05) is 6.54 Å². The fourth-order valence-corrected chi connectivity index (χ4v) is 7.50. The molecule has 3 N–H and O–H groups in total. The monoisotopic (exact) mass is 477 g/mol. The highest BCUT2D eigenvalue weighted by Crippen LogP contribution is 2.49. The molecule has 9 heteroatoms. The zero-order valence-electron chi connectivity index (χ0n) is 18.5. The topological polar surface area (TPSA) is 96.5 Å². The van der Waals surface area contributed by atoms with Crippen molar-refractivity contribution in [2.45, 2.75) is 75.2 Å². The van der Waals surface area contributed by atoms with Gasteiger partial charge in [-0.05, 0) is 68.3 Å². The highest BCUT2D eigenvalue weighted by atomic mass is 35.5. The van der Waals surface area contributed by atoms with Crippen molar-refractivity contribution in [3.8, 4) is 0 Å². The number of amides is 3. The third kappa shape index (κ3) is 6.04. The predicted molar refractivity (Wildman–Crippen MR) is 125 cm³/mol. The molecule has 2 saturated carbocycles. The Kier molecular flexibility index (Phi) is 7.10. The Labute approximate surface area is 195 Å². The predicted octanol–water partition coefficient (Wildman–Crippen LogP) is 3.65. The zero-order chi connectivity index (χ0) is 22.7. The maximum atomic E-state index is 13.0. The van der Waals surface area contributed by atoms with Gasteiger partial charge in [0.1, 0.15) is 20.4 Å². The van der Waals surface area contributed by atoms with Crippen LogP contribution in [0.1, 0.15) is 51.0 Å². The normalized spacial score (nSPS) is 23.4. The molecule has 0 bridgehead atoms. The van der Waals surface area contributed by atoms with E-state index >= 15 is 0 Å². The zero-order valence-corrected chi connectivity index (χ0v) is 20.4. The Balaban J connectivity index is 1.33. The fraction of sp³-hybridized carbons (Fsp3) is 0.609. The van der Waals surface area contributed by atoms with E-state index in [1.54, 1.807) is 6.07 Å². The Morgan fingerprint density at radius 3 is 2.75 bits per heavy atom. The number of hydrogen-bond acceptors (Lipinski definition) is 4. The second-order valence-corrected chi connectivity index (χ2v) is 12.9. The summed E-state index contributed by atoms with van der Waals surface area (Å²) in [7, 11) is -1.56. The first-order valence-corrected chi connectivity index (χ1v) is 14.3. The molecule has 32 heavy (non-hydrogen) atoms. The van der Waals surface area contributed by atoms with Gasteiger partial charge in [-0.2, -0.15) is 0 Å². The Hall–Kier alpha value is -2.06. The van der Waals surface area contributed by atoms with E-state index < -0.39 is 26.5 Å². The number of hydrogen-bond donors (Lipinski definition) is 3. The molecule has 174 valence electrons. The minimum Gasteiger partial charge on any atom is -0.438 e. The highest BCUT2D eigenvalue weighted by Gasteiger charge is 2.49. The number of alkyl carbamates (subject to hydrolysis) is 1. The summed E-state index contributed by atoms with van der Waals surface area (Å²) in [5.74, 6) is 0.266. The maximum Gasteiger partial charge on any atom is 0.408 e. The van der Waals surface area contributed by atoms with E-state index in [0.29, 0.717) is 17.4 Å². The molecule has 3 atom stereocenters. The number of nitrogens with one attached hydrogen (secondary N) is 3. The Morgan fingerprint density at radius 2 is 2.09 bits per heavy atom. The quantitative estimate of drug-likeness (QED) is 0.473. The number of benzene rings is 1. The minimum atomic E-state index is -1.56. The van der Waals surface area contributed by atoms with Gasteiger partial charge in [0.2, 0.25) is 5.91 Å². The average molecular weight is 478 g/mol. The van der Waals surface area contributed by atoms with Crippen LogP contribution in [0.2, 0.25) is 17.1 Å². The summed E-state index contributed by atoms with van der Waals surface area (Å²) in [6.45, 7) is 2.70. The number of carbonyl (C=O) groups is 3. The van der Waals surface area contributed by atoms with Crippen LogP contribution >= 0.6 is 11.6 Å². The molecule has 0 radical (unpaired) electrons. The second kappa shape index (κ2) is 9.83. The Bertz CT molecular complexity index is 875. The van der Waals surface area contributed by atoms with Crippen LogP contribution in [-0.4, -0.2) is 45.0 Å². The van der Waals surface area contributed by atoms with Crippen LogP contribution in [0.15, 0.2) is 24.3 Å². The lowest BCUT2D eigenvalue weighted by atomic mass is 10.1.